The third-order valence-corrected chi connectivity index (χ3v) is 6.92. The average Bonchev–Trinajstić information content (AvgIpc) is 3.09. The Kier molecular flexibility index (Phi) is 5.04. The third-order valence-electron chi connectivity index (χ3n) is 6.92. The molecule has 0 unspecified atom stereocenters. The summed E-state index contributed by atoms with van der Waals surface area (Å²) < 4.78 is 2.44. The number of aromatic nitrogens is 2. The number of fused-ring (bicyclic) bond motifs is 6. The lowest BCUT2D eigenvalue weighted by Gasteiger charge is -2.17. The molecule has 0 saturated heterocycles. The summed E-state index contributed by atoms with van der Waals surface area (Å²) in [4.78, 5) is 5.15. The zero-order chi connectivity index (χ0) is 22.6. The van der Waals surface area contributed by atoms with Gasteiger partial charge in [0.2, 0.25) is 0 Å². The van der Waals surface area contributed by atoms with Crippen molar-refractivity contribution in [3.8, 4) is 11.3 Å². The van der Waals surface area contributed by atoms with Gasteiger partial charge in [0.15, 0.2) is 0 Å². The van der Waals surface area contributed by atoms with Gasteiger partial charge in [0, 0.05) is 16.3 Å². The second-order valence-electron chi connectivity index (χ2n) is 9.42. The maximum Gasteiger partial charge on any atom is 0.145 e. The van der Waals surface area contributed by atoms with Crippen LogP contribution in [0.2, 0.25) is 0 Å². The highest BCUT2D eigenvalue weighted by Crippen LogP contribution is 2.38. The van der Waals surface area contributed by atoms with E-state index in [0.717, 1.165) is 17.8 Å². The minimum atomic E-state index is 1.06. The summed E-state index contributed by atoms with van der Waals surface area (Å²) in [6.07, 6.45) is 3.55. The predicted molar refractivity (Wildman–Crippen MR) is 138 cm³/mol. The first-order chi connectivity index (χ1) is 15.4. The Morgan fingerprint density at radius 1 is 0.781 bits per heavy atom. The van der Waals surface area contributed by atoms with Gasteiger partial charge in [-0.15, -0.1) is 0 Å². The first kappa shape index (κ1) is 20.8. The van der Waals surface area contributed by atoms with E-state index in [9.17, 15) is 0 Å². The second kappa shape index (κ2) is 7.78. The molecule has 2 aromatic heterocycles. The Morgan fingerprint density at radius 2 is 1.47 bits per heavy atom. The molecule has 3 aromatic carbocycles. The first-order valence-electron chi connectivity index (χ1n) is 11.8. The molecule has 0 aliphatic heterocycles. The molecular weight excluding hydrogens is 388 g/mol. The van der Waals surface area contributed by atoms with Crippen molar-refractivity contribution in [3.05, 3.63) is 82.0 Å². The number of imidazole rings is 1. The van der Waals surface area contributed by atoms with Gasteiger partial charge in [-0.05, 0) is 87.2 Å². The van der Waals surface area contributed by atoms with Crippen LogP contribution in [0.3, 0.4) is 0 Å². The molecular formula is C30H32N2. The largest absolute Gasteiger partial charge is 0.291 e. The van der Waals surface area contributed by atoms with E-state index >= 15 is 0 Å². The summed E-state index contributed by atoms with van der Waals surface area (Å²) in [5, 5.41) is 3.82. The van der Waals surface area contributed by atoms with E-state index in [4.69, 9.17) is 4.98 Å². The standard InChI is InChI=1S/C30H32N2/c1-7-8-11-23-17-27-26(16-19(23)3)24-12-9-10-13-25(24)30-31-22(6)29(32(27)30)28-20(4)14-18(2)15-21(28)5/h9-10,12-17H,7-8,11H2,1-6H3. The highest BCUT2D eigenvalue weighted by Gasteiger charge is 2.20. The maximum absolute atomic E-state index is 5.15. The topological polar surface area (TPSA) is 17.3 Å². The summed E-state index contributed by atoms with van der Waals surface area (Å²) in [5.41, 5.74) is 12.7. The fourth-order valence-electron chi connectivity index (χ4n) is 5.48. The molecule has 0 atom stereocenters. The third kappa shape index (κ3) is 3.12. The molecule has 2 heteroatoms. The van der Waals surface area contributed by atoms with Gasteiger partial charge in [0.05, 0.1) is 16.9 Å². The summed E-state index contributed by atoms with van der Waals surface area (Å²) in [6.45, 7) is 13.3. The van der Waals surface area contributed by atoms with E-state index in [1.54, 1.807) is 0 Å². The molecule has 0 bridgehead atoms. The van der Waals surface area contributed by atoms with Crippen LogP contribution in [0.5, 0.6) is 0 Å². The Hall–Kier alpha value is -3.13. The van der Waals surface area contributed by atoms with Gasteiger partial charge in [0.1, 0.15) is 5.65 Å². The molecule has 32 heavy (non-hydrogen) atoms. The molecule has 0 spiro atoms. The molecule has 0 radical (unpaired) electrons. The monoisotopic (exact) mass is 420 g/mol. The maximum atomic E-state index is 5.15. The molecule has 0 fully saturated rings. The second-order valence-corrected chi connectivity index (χ2v) is 9.42. The quantitative estimate of drug-likeness (QED) is 0.268. The van der Waals surface area contributed by atoms with E-state index < -0.39 is 0 Å². The van der Waals surface area contributed by atoms with E-state index in [1.165, 1.54) is 73.6 Å². The molecule has 162 valence electrons. The lowest BCUT2D eigenvalue weighted by molar-refractivity contribution is 0.792. The van der Waals surface area contributed by atoms with Gasteiger partial charge in [-0.2, -0.15) is 0 Å². The molecule has 0 aliphatic carbocycles. The van der Waals surface area contributed by atoms with Crippen molar-refractivity contribution in [2.75, 3.05) is 0 Å². The molecule has 0 aliphatic rings. The zero-order valence-electron chi connectivity index (χ0n) is 20.1. The number of hydrogen-bond acceptors (Lipinski definition) is 1. The van der Waals surface area contributed by atoms with Crippen molar-refractivity contribution in [2.24, 2.45) is 0 Å². The number of unbranched alkanes of at least 4 members (excludes halogenated alkanes) is 1. The number of benzene rings is 3. The zero-order valence-corrected chi connectivity index (χ0v) is 20.1. The molecule has 2 nitrogen and oxygen atoms in total. The number of hydrogen-bond donors (Lipinski definition) is 0. The van der Waals surface area contributed by atoms with Crippen molar-refractivity contribution in [3.63, 3.8) is 0 Å². The van der Waals surface area contributed by atoms with Gasteiger partial charge in [0.25, 0.3) is 0 Å². The highest BCUT2D eigenvalue weighted by atomic mass is 15.0. The number of pyridine rings is 1. The Labute approximate surface area is 190 Å². The molecule has 5 aromatic rings. The number of rotatable bonds is 4. The van der Waals surface area contributed by atoms with E-state index in [2.05, 4.69) is 94.5 Å². The van der Waals surface area contributed by atoms with Crippen molar-refractivity contribution < 1.29 is 0 Å². The van der Waals surface area contributed by atoms with Crippen molar-refractivity contribution in [1.82, 2.24) is 9.38 Å². The van der Waals surface area contributed by atoms with Crippen LogP contribution in [0.4, 0.5) is 0 Å². The molecule has 0 N–H and O–H groups in total. The fraction of sp³-hybridized carbons (Fsp3) is 0.300. The van der Waals surface area contributed by atoms with Crippen LogP contribution >= 0.6 is 0 Å². The normalized spacial score (nSPS) is 11.8. The van der Waals surface area contributed by atoms with Gasteiger partial charge < -0.3 is 0 Å². The summed E-state index contributed by atoms with van der Waals surface area (Å²) in [6, 6.07) is 18.2. The fourth-order valence-corrected chi connectivity index (χ4v) is 5.48. The smallest absolute Gasteiger partial charge is 0.145 e. The Balaban J connectivity index is 2.00. The van der Waals surface area contributed by atoms with E-state index in [1.807, 2.05) is 0 Å². The van der Waals surface area contributed by atoms with Gasteiger partial charge >= 0.3 is 0 Å². The minimum Gasteiger partial charge on any atom is -0.291 e. The number of nitrogens with zero attached hydrogens (tertiary/aromatic N) is 2. The molecule has 5 rings (SSSR count). The lowest BCUT2D eigenvalue weighted by atomic mass is 9.95. The number of aryl methyl sites for hydroxylation is 6. The van der Waals surface area contributed by atoms with Crippen LogP contribution in [0.25, 0.3) is 38.6 Å². The van der Waals surface area contributed by atoms with Crippen LogP contribution in [-0.4, -0.2) is 9.38 Å². The average molecular weight is 421 g/mol. The van der Waals surface area contributed by atoms with Crippen molar-refractivity contribution in [1.29, 1.82) is 0 Å². The SMILES string of the molecule is CCCCc1cc2c(cc1C)c1ccccc1c1nc(C)c(-c3c(C)cc(C)cc3C)n21. The van der Waals surface area contributed by atoms with Crippen LogP contribution in [-0.2, 0) is 6.42 Å². The van der Waals surface area contributed by atoms with Gasteiger partial charge in [-0.3, -0.25) is 4.40 Å². The van der Waals surface area contributed by atoms with E-state index in [0.29, 0.717) is 0 Å². The molecule has 0 amide bonds. The van der Waals surface area contributed by atoms with Gasteiger partial charge in [-0.25, -0.2) is 4.98 Å². The summed E-state index contributed by atoms with van der Waals surface area (Å²) >= 11 is 0. The first-order valence-corrected chi connectivity index (χ1v) is 11.8. The van der Waals surface area contributed by atoms with Crippen LogP contribution in [0.15, 0.2) is 48.5 Å². The molecule has 2 heterocycles. The molecule has 0 saturated carbocycles. The summed E-state index contributed by atoms with van der Waals surface area (Å²) in [5.74, 6) is 0. The summed E-state index contributed by atoms with van der Waals surface area (Å²) in [7, 11) is 0. The highest BCUT2D eigenvalue weighted by molar-refractivity contribution is 6.13. The minimum absolute atomic E-state index is 1.06. The van der Waals surface area contributed by atoms with Crippen LogP contribution in [0, 0.1) is 34.6 Å². The van der Waals surface area contributed by atoms with E-state index in [-0.39, 0.29) is 0 Å². The van der Waals surface area contributed by atoms with Crippen LogP contribution in [0.1, 0.15) is 53.3 Å². The van der Waals surface area contributed by atoms with Crippen molar-refractivity contribution >= 4 is 27.3 Å². The lowest BCUT2D eigenvalue weighted by Crippen LogP contribution is -2.00. The van der Waals surface area contributed by atoms with Crippen molar-refractivity contribution in [2.45, 2.75) is 60.8 Å². The Morgan fingerprint density at radius 3 is 2.16 bits per heavy atom. The van der Waals surface area contributed by atoms with Crippen LogP contribution < -0.4 is 0 Å². The van der Waals surface area contributed by atoms with Gasteiger partial charge in [-0.1, -0.05) is 55.3 Å². The predicted octanol–water partition coefficient (Wildman–Crippen LogP) is 8.19. The Bertz CT molecular complexity index is 1480.